The van der Waals surface area contributed by atoms with Crippen molar-refractivity contribution in [1.82, 2.24) is 0 Å². The van der Waals surface area contributed by atoms with Crippen LogP contribution in [0.3, 0.4) is 0 Å². The summed E-state index contributed by atoms with van der Waals surface area (Å²) in [5.74, 6) is -0.290. The van der Waals surface area contributed by atoms with E-state index in [4.69, 9.17) is 0 Å². The smallest absolute Gasteiger partial charge is 0.123 e. The SMILES string of the molecule is CC(O)(Cc1sccc1Br)c1ccc(F)cc1. The number of hydrogen-bond donors (Lipinski definition) is 1. The Bertz CT molecular complexity index is 504. The molecule has 0 aliphatic rings. The van der Waals surface area contributed by atoms with E-state index in [1.807, 2.05) is 11.4 Å². The Morgan fingerprint density at radius 2 is 1.94 bits per heavy atom. The van der Waals surface area contributed by atoms with Crippen LogP contribution in [-0.2, 0) is 12.0 Å². The van der Waals surface area contributed by atoms with E-state index in [1.165, 1.54) is 12.1 Å². The lowest BCUT2D eigenvalue weighted by molar-refractivity contribution is 0.0582. The maximum Gasteiger partial charge on any atom is 0.123 e. The maximum atomic E-state index is 12.8. The molecule has 0 saturated carbocycles. The Morgan fingerprint density at radius 3 is 2.47 bits per heavy atom. The van der Waals surface area contributed by atoms with E-state index in [-0.39, 0.29) is 5.82 Å². The van der Waals surface area contributed by atoms with Crippen molar-refractivity contribution in [2.75, 3.05) is 0 Å². The zero-order chi connectivity index (χ0) is 12.5. The first-order chi connectivity index (χ1) is 7.99. The Hall–Kier alpha value is -0.710. The highest BCUT2D eigenvalue weighted by Crippen LogP contribution is 2.31. The molecule has 0 fully saturated rings. The first-order valence-corrected chi connectivity index (χ1v) is 6.86. The van der Waals surface area contributed by atoms with Crippen LogP contribution in [0.4, 0.5) is 4.39 Å². The van der Waals surface area contributed by atoms with Crippen LogP contribution >= 0.6 is 27.3 Å². The third kappa shape index (κ3) is 2.94. The van der Waals surface area contributed by atoms with Gasteiger partial charge in [0.25, 0.3) is 0 Å². The molecule has 0 saturated heterocycles. The van der Waals surface area contributed by atoms with Gasteiger partial charge >= 0.3 is 0 Å². The molecular formula is C13H12BrFOS. The molecule has 1 unspecified atom stereocenters. The van der Waals surface area contributed by atoms with Crippen LogP contribution in [0.25, 0.3) is 0 Å². The van der Waals surface area contributed by atoms with Gasteiger partial charge in [-0.2, -0.15) is 0 Å². The van der Waals surface area contributed by atoms with E-state index in [0.29, 0.717) is 6.42 Å². The van der Waals surface area contributed by atoms with Crippen molar-refractivity contribution >= 4 is 27.3 Å². The van der Waals surface area contributed by atoms with Crippen LogP contribution in [0.5, 0.6) is 0 Å². The van der Waals surface area contributed by atoms with Gasteiger partial charge in [0.05, 0.1) is 5.60 Å². The molecule has 1 N–H and O–H groups in total. The first kappa shape index (κ1) is 12.7. The van der Waals surface area contributed by atoms with Crippen molar-refractivity contribution < 1.29 is 9.50 Å². The molecule has 0 amide bonds. The van der Waals surface area contributed by atoms with Crippen LogP contribution in [0, 0.1) is 5.82 Å². The van der Waals surface area contributed by atoms with E-state index in [9.17, 15) is 9.50 Å². The topological polar surface area (TPSA) is 20.2 Å². The Labute approximate surface area is 112 Å². The van der Waals surface area contributed by atoms with E-state index in [2.05, 4.69) is 15.9 Å². The minimum atomic E-state index is -0.985. The molecule has 2 rings (SSSR count). The molecule has 1 aromatic carbocycles. The second kappa shape index (κ2) is 4.88. The molecule has 0 radical (unpaired) electrons. The van der Waals surface area contributed by atoms with E-state index in [0.717, 1.165) is 14.9 Å². The average molecular weight is 315 g/mol. The number of thiophene rings is 1. The fraction of sp³-hybridized carbons (Fsp3) is 0.231. The minimum Gasteiger partial charge on any atom is -0.385 e. The van der Waals surface area contributed by atoms with Gasteiger partial charge in [-0.1, -0.05) is 12.1 Å². The van der Waals surface area contributed by atoms with Gasteiger partial charge in [-0.25, -0.2) is 4.39 Å². The Morgan fingerprint density at radius 1 is 1.29 bits per heavy atom. The zero-order valence-corrected chi connectivity index (χ0v) is 11.7. The summed E-state index contributed by atoms with van der Waals surface area (Å²) in [7, 11) is 0. The van der Waals surface area contributed by atoms with Gasteiger partial charge in [-0.3, -0.25) is 0 Å². The van der Waals surface area contributed by atoms with Gasteiger partial charge in [0.1, 0.15) is 5.82 Å². The summed E-state index contributed by atoms with van der Waals surface area (Å²) in [4.78, 5) is 1.08. The van der Waals surface area contributed by atoms with Gasteiger partial charge in [-0.05, 0) is 52.0 Å². The molecule has 2 aromatic rings. The summed E-state index contributed by atoms with van der Waals surface area (Å²) in [5.41, 5.74) is -0.264. The zero-order valence-electron chi connectivity index (χ0n) is 9.28. The van der Waals surface area contributed by atoms with Gasteiger partial charge in [0.15, 0.2) is 0 Å². The van der Waals surface area contributed by atoms with Crippen LogP contribution < -0.4 is 0 Å². The first-order valence-electron chi connectivity index (χ1n) is 5.19. The largest absolute Gasteiger partial charge is 0.385 e. The molecule has 0 aliphatic carbocycles. The van der Waals surface area contributed by atoms with Gasteiger partial charge < -0.3 is 5.11 Å². The summed E-state index contributed by atoms with van der Waals surface area (Å²) in [6.07, 6.45) is 0.511. The predicted molar refractivity (Wildman–Crippen MR) is 71.7 cm³/mol. The lowest BCUT2D eigenvalue weighted by atomic mass is 9.92. The summed E-state index contributed by atoms with van der Waals surface area (Å²) < 4.78 is 13.8. The molecule has 0 bridgehead atoms. The third-order valence-electron chi connectivity index (χ3n) is 2.66. The molecule has 4 heteroatoms. The molecule has 1 nitrogen and oxygen atoms in total. The molecule has 1 aromatic heterocycles. The van der Waals surface area contributed by atoms with Crippen molar-refractivity contribution in [2.45, 2.75) is 18.9 Å². The monoisotopic (exact) mass is 314 g/mol. The van der Waals surface area contributed by atoms with E-state index >= 15 is 0 Å². The third-order valence-corrected chi connectivity index (χ3v) is 4.59. The highest BCUT2D eigenvalue weighted by molar-refractivity contribution is 9.10. The van der Waals surface area contributed by atoms with Crippen LogP contribution in [0.1, 0.15) is 17.4 Å². The molecule has 0 aliphatic heterocycles. The highest BCUT2D eigenvalue weighted by Gasteiger charge is 2.25. The van der Waals surface area contributed by atoms with Crippen LogP contribution in [0.2, 0.25) is 0 Å². The lowest BCUT2D eigenvalue weighted by Gasteiger charge is -2.23. The lowest BCUT2D eigenvalue weighted by Crippen LogP contribution is -2.23. The molecule has 1 heterocycles. The molecule has 17 heavy (non-hydrogen) atoms. The van der Waals surface area contributed by atoms with Gasteiger partial charge in [0.2, 0.25) is 0 Å². The van der Waals surface area contributed by atoms with Crippen molar-refractivity contribution in [1.29, 1.82) is 0 Å². The summed E-state index contributed by atoms with van der Waals surface area (Å²) in [6.45, 7) is 1.74. The highest BCUT2D eigenvalue weighted by atomic mass is 79.9. The maximum absolute atomic E-state index is 12.8. The number of halogens is 2. The van der Waals surface area contributed by atoms with Crippen molar-refractivity contribution in [3.8, 4) is 0 Å². The Kier molecular flexibility index (Phi) is 3.66. The van der Waals surface area contributed by atoms with Crippen molar-refractivity contribution in [3.05, 3.63) is 56.4 Å². The Balaban J connectivity index is 2.24. The molecule has 1 atom stereocenters. The second-order valence-electron chi connectivity index (χ2n) is 4.15. The van der Waals surface area contributed by atoms with E-state index < -0.39 is 5.60 Å². The minimum absolute atomic E-state index is 0.290. The number of hydrogen-bond acceptors (Lipinski definition) is 2. The van der Waals surface area contributed by atoms with Gasteiger partial charge in [-0.15, -0.1) is 11.3 Å². The number of aliphatic hydroxyl groups is 1. The average Bonchev–Trinajstić information content (AvgIpc) is 2.64. The van der Waals surface area contributed by atoms with Gasteiger partial charge in [0, 0.05) is 15.8 Å². The second-order valence-corrected chi connectivity index (χ2v) is 6.00. The predicted octanol–water partition coefficient (Wildman–Crippen LogP) is 4.10. The van der Waals surface area contributed by atoms with E-state index in [1.54, 1.807) is 30.4 Å². The normalized spacial score (nSPS) is 14.6. The summed E-state index contributed by atoms with van der Waals surface area (Å²) in [5, 5.41) is 12.4. The molecular weight excluding hydrogens is 303 g/mol. The number of rotatable bonds is 3. The fourth-order valence-corrected chi connectivity index (χ4v) is 3.32. The fourth-order valence-electron chi connectivity index (χ4n) is 1.67. The quantitative estimate of drug-likeness (QED) is 0.904. The summed E-state index contributed by atoms with van der Waals surface area (Å²) >= 11 is 5.04. The molecule has 0 spiro atoms. The van der Waals surface area contributed by atoms with Crippen molar-refractivity contribution in [3.63, 3.8) is 0 Å². The van der Waals surface area contributed by atoms with Crippen LogP contribution in [0.15, 0.2) is 40.2 Å². The van der Waals surface area contributed by atoms with Crippen LogP contribution in [-0.4, -0.2) is 5.11 Å². The van der Waals surface area contributed by atoms with Crippen molar-refractivity contribution in [2.24, 2.45) is 0 Å². The summed E-state index contributed by atoms with van der Waals surface area (Å²) in [6, 6.07) is 7.94. The molecule has 90 valence electrons. The standard InChI is InChI=1S/C13H12BrFOS/c1-13(16,8-12-11(14)6-7-17-12)9-2-4-10(15)5-3-9/h2-7,16H,8H2,1H3. The number of benzene rings is 1.